The molecule has 0 spiro atoms. The van der Waals surface area contributed by atoms with Crippen LogP contribution in [0.5, 0.6) is 0 Å². The molecule has 2 aliphatic rings. The van der Waals surface area contributed by atoms with Gasteiger partial charge in [-0.3, -0.25) is 4.99 Å². The van der Waals surface area contributed by atoms with E-state index in [1.807, 2.05) is 6.07 Å². The minimum atomic E-state index is -0.417. The number of aliphatic imine (C=N–C) groups is 1. The summed E-state index contributed by atoms with van der Waals surface area (Å²) in [6.45, 7) is 0. The fraction of sp³-hybridized carbons (Fsp3) is 0.467. The molecule has 0 saturated heterocycles. The molecule has 1 heterocycles. The van der Waals surface area contributed by atoms with Gasteiger partial charge >= 0.3 is 0 Å². The molecule has 4 heteroatoms. The molecule has 1 atom stereocenters. The van der Waals surface area contributed by atoms with Crippen LogP contribution in [0.1, 0.15) is 37.7 Å². The summed E-state index contributed by atoms with van der Waals surface area (Å²) in [5.41, 5.74) is 9.43. The van der Waals surface area contributed by atoms with Crippen LogP contribution in [0.3, 0.4) is 0 Å². The Morgan fingerprint density at radius 2 is 1.89 bits per heavy atom. The number of hydrogen-bond donors (Lipinski definition) is 2. The van der Waals surface area contributed by atoms with Crippen molar-refractivity contribution in [3.63, 3.8) is 0 Å². The number of fused-ring (bicyclic) bond motifs is 1. The lowest BCUT2D eigenvalue weighted by molar-refractivity contribution is 0.439. The van der Waals surface area contributed by atoms with Crippen molar-refractivity contribution in [2.75, 3.05) is 5.32 Å². The Bertz CT molecular complexity index is 518. The van der Waals surface area contributed by atoms with E-state index in [-0.39, 0.29) is 0 Å². The molecule has 0 aromatic heterocycles. The molecule has 3 rings (SSSR count). The average molecular weight is 273 g/mol. The molecule has 1 aliphatic carbocycles. The lowest BCUT2D eigenvalue weighted by Gasteiger charge is -2.24. The van der Waals surface area contributed by atoms with E-state index in [9.17, 15) is 0 Å². The highest BCUT2D eigenvalue weighted by atomic mass is 32.1. The molecule has 1 aromatic rings. The topological polar surface area (TPSA) is 50.4 Å². The van der Waals surface area contributed by atoms with Gasteiger partial charge < -0.3 is 11.1 Å². The minimum absolute atomic E-state index is 0.417. The van der Waals surface area contributed by atoms with Gasteiger partial charge in [-0.15, -0.1) is 0 Å². The van der Waals surface area contributed by atoms with Crippen molar-refractivity contribution in [1.82, 2.24) is 0 Å². The van der Waals surface area contributed by atoms with Gasteiger partial charge in [0.05, 0.1) is 0 Å². The third kappa shape index (κ3) is 2.55. The molecule has 0 bridgehead atoms. The summed E-state index contributed by atoms with van der Waals surface area (Å²) in [6, 6.07) is 8.25. The van der Waals surface area contributed by atoms with E-state index in [1.54, 1.807) is 0 Å². The van der Waals surface area contributed by atoms with Crippen LogP contribution in [-0.2, 0) is 0 Å². The summed E-state index contributed by atoms with van der Waals surface area (Å²) >= 11 is 5.30. The van der Waals surface area contributed by atoms with E-state index >= 15 is 0 Å². The lowest BCUT2D eigenvalue weighted by Crippen LogP contribution is -2.32. The first-order valence-electron chi connectivity index (χ1n) is 6.99. The molecule has 1 unspecified atom stereocenters. The van der Waals surface area contributed by atoms with Gasteiger partial charge in [-0.2, -0.15) is 0 Å². The average Bonchev–Trinajstić information content (AvgIpc) is 2.58. The van der Waals surface area contributed by atoms with E-state index in [1.165, 1.54) is 37.7 Å². The van der Waals surface area contributed by atoms with Crippen molar-refractivity contribution in [2.45, 2.75) is 38.3 Å². The van der Waals surface area contributed by atoms with Crippen molar-refractivity contribution < 1.29 is 0 Å². The molecule has 1 saturated carbocycles. The summed E-state index contributed by atoms with van der Waals surface area (Å²) in [4.78, 5) is 5.32. The van der Waals surface area contributed by atoms with Gasteiger partial charge in [0.15, 0.2) is 0 Å². The number of para-hydroxylation sites is 1. The Kier molecular flexibility index (Phi) is 3.62. The second kappa shape index (κ2) is 5.39. The molecule has 1 fully saturated rings. The second-order valence-corrected chi connectivity index (χ2v) is 5.77. The van der Waals surface area contributed by atoms with Gasteiger partial charge in [0.2, 0.25) is 0 Å². The number of hydrogen-bond acceptors (Lipinski definition) is 3. The summed E-state index contributed by atoms with van der Waals surface area (Å²) in [5.74, 6) is 0.531. The van der Waals surface area contributed by atoms with Gasteiger partial charge in [-0.25, -0.2) is 0 Å². The summed E-state index contributed by atoms with van der Waals surface area (Å²) < 4.78 is 0. The second-order valence-electron chi connectivity index (χ2n) is 5.33. The third-order valence-electron chi connectivity index (χ3n) is 4.00. The van der Waals surface area contributed by atoms with Gasteiger partial charge in [0.25, 0.3) is 0 Å². The largest absolute Gasteiger partial charge is 0.347 e. The molecule has 0 amide bonds. The molecule has 19 heavy (non-hydrogen) atoms. The zero-order chi connectivity index (χ0) is 13.2. The normalized spacial score (nSPS) is 24.2. The van der Waals surface area contributed by atoms with E-state index in [4.69, 9.17) is 22.9 Å². The number of nitrogens with one attached hydrogen (secondary N) is 1. The molecule has 3 nitrogen and oxygen atoms in total. The lowest BCUT2D eigenvalue weighted by atomic mass is 9.83. The maximum Gasteiger partial charge on any atom is 0.148 e. The molecule has 0 radical (unpaired) electrons. The standard InChI is InChI=1S/C15H19N3S/c16-14-15(19)17-12-9-5-4-8-11(12)13(18-14)10-6-2-1-3-7-10/h4-5,8-10,14H,1-3,6-7,16H2,(H,17,19). The number of nitrogens with two attached hydrogens (primary N) is 1. The highest BCUT2D eigenvalue weighted by Crippen LogP contribution is 2.31. The van der Waals surface area contributed by atoms with Crippen LogP contribution in [0.2, 0.25) is 0 Å². The Morgan fingerprint density at radius 1 is 1.16 bits per heavy atom. The van der Waals surface area contributed by atoms with Crippen molar-refractivity contribution in [3.8, 4) is 0 Å². The number of anilines is 1. The summed E-state index contributed by atoms with van der Waals surface area (Å²) in [5, 5.41) is 3.23. The van der Waals surface area contributed by atoms with Gasteiger partial charge in [-0.05, 0) is 18.9 Å². The van der Waals surface area contributed by atoms with Crippen LogP contribution in [0.25, 0.3) is 0 Å². The minimum Gasteiger partial charge on any atom is -0.347 e. The first-order valence-corrected chi connectivity index (χ1v) is 7.40. The highest BCUT2D eigenvalue weighted by Gasteiger charge is 2.26. The van der Waals surface area contributed by atoms with Crippen LogP contribution in [-0.4, -0.2) is 16.9 Å². The van der Waals surface area contributed by atoms with Crippen molar-refractivity contribution in [2.24, 2.45) is 16.6 Å². The smallest absolute Gasteiger partial charge is 0.148 e. The Hall–Kier alpha value is -1.26. The van der Waals surface area contributed by atoms with Crippen LogP contribution < -0.4 is 11.1 Å². The molecule has 3 N–H and O–H groups in total. The Balaban J connectivity index is 2.03. The number of benzene rings is 1. The van der Waals surface area contributed by atoms with Gasteiger partial charge in [-0.1, -0.05) is 49.7 Å². The van der Waals surface area contributed by atoms with E-state index in [0.717, 1.165) is 11.4 Å². The van der Waals surface area contributed by atoms with E-state index < -0.39 is 6.17 Å². The zero-order valence-corrected chi connectivity index (χ0v) is 11.7. The maximum absolute atomic E-state index is 6.06. The number of rotatable bonds is 1. The van der Waals surface area contributed by atoms with Gasteiger partial charge in [0, 0.05) is 22.9 Å². The Labute approximate surface area is 119 Å². The highest BCUT2D eigenvalue weighted by molar-refractivity contribution is 7.80. The first-order chi connectivity index (χ1) is 9.25. The number of thiocarbonyl (C=S) groups is 1. The third-order valence-corrected chi connectivity index (χ3v) is 4.34. The molecular formula is C15H19N3S. The predicted molar refractivity (Wildman–Crippen MR) is 83.8 cm³/mol. The zero-order valence-electron chi connectivity index (χ0n) is 10.9. The fourth-order valence-electron chi connectivity index (χ4n) is 3.00. The van der Waals surface area contributed by atoms with Crippen molar-refractivity contribution in [1.29, 1.82) is 0 Å². The number of nitrogens with zero attached hydrogens (tertiary/aromatic N) is 1. The van der Waals surface area contributed by atoms with Crippen LogP contribution in [0.4, 0.5) is 5.69 Å². The quantitative estimate of drug-likeness (QED) is 0.773. The summed E-state index contributed by atoms with van der Waals surface area (Å²) in [7, 11) is 0. The maximum atomic E-state index is 6.06. The van der Waals surface area contributed by atoms with E-state index in [0.29, 0.717) is 10.9 Å². The van der Waals surface area contributed by atoms with Gasteiger partial charge in [0.1, 0.15) is 11.2 Å². The molecule has 100 valence electrons. The predicted octanol–water partition coefficient (Wildman–Crippen LogP) is 3.09. The Morgan fingerprint density at radius 3 is 2.68 bits per heavy atom. The monoisotopic (exact) mass is 273 g/mol. The molecular weight excluding hydrogens is 254 g/mol. The van der Waals surface area contributed by atoms with Crippen LogP contribution in [0.15, 0.2) is 29.3 Å². The number of benzodiazepines with no additional fused rings is 1. The molecule has 1 aliphatic heterocycles. The van der Waals surface area contributed by atoms with Crippen molar-refractivity contribution in [3.05, 3.63) is 29.8 Å². The van der Waals surface area contributed by atoms with Crippen molar-refractivity contribution >= 4 is 28.6 Å². The fourth-order valence-corrected chi connectivity index (χ4v) is 3.16. The SMILES string of the molecule is NC1N=C(C2CCCCC2)c2ccccc2NC1=S. The summed E-state index contributed by atoms with van der Waals surface area (Å²) in [6.07, 6.45) is 5.94. The first kappa shape index (κ1) is 12.8. The van der Waals surface area contributed by atoms with Crippen LogP contribution in [0, 0.1) is 5.92 Å². The van der Waals surface area contributed by atoms with Crippen LogP contribution >= 0.6 is 12.2 Å². The van der Waals surface area contributed by atoms with E-state index in [2.05, 4.69) is 23.5 Å². The molecule has 1 aromatic carbocycles.